The van der Waals surface area contributed by atoms with Crippen molar-refractivity contribution in [1.82, 2.24) is 10.3 Å². The van der Waals surface area contributed by atoms with Gasteiger partial charge >= 0.3 is 0 Å². The quantitative estimate of drug-likeness (QED) is 0.503. The minimum absolute atomic E-state index is 0.299. The number of carbonyl (C=O) groups excluding carboxylic acids is 1. The summed E-state index contributed by atoms with van der Waals surface area (Å²) in [5.74, 6) is 0.647. The summed E-state index contributed by atoms with van der Waals surface area (Å²) < 4.78 is 5.36. The number of methoxy groups -OCH3 is 1. The highest BCUT2D eigenvalue weighted by molar-refractivity contribution is 6.30. The summed E-state index contributed by atoms with van der Waals surface area (Å²) in [6, 6.07) is 17.8. The molecule has 0 bridgehead atoms. The third-order valence-corrected chi connectivity index (χ3v) is 4.12. The molecule has 0 atom stereocenters. The topological polar surface area (TPSA) is 75.6 Å². The molecule has 142 valence electrons. The lowest BCUT2D eigenvalue weighted by Crippen LogP contribution is -2.36. The first-order chi connectivity index (χ1) is 13.7. The van der Waals surface area contributed by atoms with Crippen molar-refractivity contribution >= 4 is 29.2 Å². The van der Waals surface area contributed by atoms with Gasteiger partial charge < -0.3 is 10.1 Å². The monoisotopic (exact) mass is 394 g/mol. The lowest BCUT2D eigenvalue weighted by molar-refractivity contribution is 0.0977. The van der Waals surface area contributed by atoms with Crippen LogP contribution in [0.2, 0.25) is 5.02 Å². The van der Waals surface area contributed by atoms with E-state index in [1.807, 2.05) is 36.4 Å². The average Bonchev–Trinajstić information content (AvgIpc) is 2.73. The fraction of sp³-hybridized carbons (Fsp3) is 0.0952. The SMILES string of the molecule is COc1ccccc1NC(=NCc1ccncc1)NC(=O)c1ccc(Cl)cc1. The summed E-state index contributed by atoms with van der Waals surface area (Å²) in [6.45, 7) is 0.376. The molecule has 0 saturated heterocycles. The molecule has 0 saturated carbocycles. The van der Waals surface area contributed by atoms with Gasteiger partial charge in [-0.25, -0.2) is 4.99 Å². The maximum atomic E-state index is 12.6. The van der Waals surface area contributed by atoms with Gasteiger partial charge in [-0.05, 0) is 54.1 Å². The molecule has 0 spiro atoms. The molecule has 28 heavy (non-hydrogen) atoms. The Hall–Kier alpha value is -3.38. The second-order valence-electron chi connectivity index (χ2n) is 5.81. The number of nitrogens with one attached hydrogen (secondary N) is 2. The predicted octanol–water partition coefficient (Wildman–Crippen LogP) is 4.14. The Morgan fingerprint density at radius 2 is 1.79 bits per heavy atom. The Labute approximate surface area is 168 Å². The summed E-state index contributed by atoms with van der Waals surface area (Å²) in [4.78, 5) is 21.1. The molecule has 3 aromatic rings. The fourth-order valence-corrected chi connectivity index (χ4v) is 2.55. The van der Waals surface area contributed by atoms with Gasteiger partial charge in [-0.1, -0.05) is 23.7 Å². The fourth-order valence-electron chi connectivity index (χ4n) is 2.43. The van der Waals surface area contributed by atoms with Crippen LogP contribution in [-0.2, 0) is 6.54 Å². The third-order valence-electron chi connectivity index (χ3n) is 3.87. The summed E-state index contributed by atoms with van der Waals surface area (Å²) in [6.07, 6.45) is 3.40. The number of carbonyl (C=O) groups is 1. The van der Waals surface area contributed by atoms with E-state index in [0.717, 1.165) is 5.56 Å². The van der Waals surface area contributed by atoms with Gasteiger partial charge in [0.2, 0.25) is 5.96 Å². The molecule has 0 aliphatic carbocycles. The Morgan fingerprint density at radius 3 is 2.50 bits per heavy atom. The van der Waals surface area contributed by atoms with Crippen molar-refractivity contribution in [2.45, 2.75) is 6.54 Å². The van der Waals surface area contributed by atoms with Crippen molar-refractivity contribution in [2.75, 3.05) is 12.4 Å². The van der Waals surface area contributed by atoms with Crippen LogP contribution in [0.5, 0.6) is 5.75 Å². The normalized spacial score (nSPS) is 11.0. The van der Waals surface area contributed by atoms with Gasteiger partial charge in [0.25, 0.3) is 5.91 Å². The first-order valence-electron chi connectivity index (χ1n) is 8.56. The standard InChI is InChI=1S/C21H19ClN4O2/c1-28-19-5-3-2-4-18(19)25-21(24-14-15-10-12-23-13-11-15)26-20(27)16-6-8-17(22)9-7-16/h2-13H,14H2,1H3,(H2,24,25,26,27). The van der Waals surface area contributed by atoms with E-state index in [1.165, 1.54) is 0 Å². The number of ether oxygens (including phenoxy) is 1. The second-order valence-corrected chi connectivity index (χ2v) is 6.24. The van der Waals surface area contributed by atoms with E-state index in [0.29, 0.717) is 34.5 Å². The molecule has 2 N–H and O–H groups in total. The minimum atomic E-state index is -0.299. The van der Waals surface area contributed by atoms with E-state index < -0.39 is 0 Å². The van der Waals surface area contributed by atoms with Crippen LogP contribution in [0.4, 0.5) is 5.69 Å². The number of nitrogens with zero attached hydrogens (tertiary/aromatic N) is 2. The van der Waals surface area contributed by atoms with Crippen LogP contribution in [-0.4, -0.2) is 24.0 Å². The predicted molar refractivity (Wildman–Crippen MR) is 111 cm³/mol. The van der Waals surface area contributed by atoms with E-state index in [-0.39, 0.29) is 5.91 Å². The van der Waals surface area contributed by atoms with Gasteiger partial charge in [-0.2, -0.15) is 0 Å². The van der Waals surface area contributed by atoms with E-state index in [2.05, 4.69) is 20.6 Å². The summed E-state index contributed by atoms with van der Waals surface area (Å²) in [5, 5.41) is 6.51. The molecule has 0 unspecified atom stereocenters. The number of aliphatic imine (C=N–C) groups is 1. The largest absolute Gasteiger partial charge is 0.495 e. The van der Waals surface area contributed by atoms with E-state index in [4.69, 9.17) is 16.3 Å². The zero-order valence-corrected chi connectivity index (χ0v) is 16.0. The molecule has 0 fully saturated rings. The first kappa shape index (κ1) is 19.4. The lowest BCUT2D eigenvalue weighted by Gasteiger charge is -2.14. The van der Waals surface area contributed by atoms with Crippen molar-refractivity contribution < 1.29 is 9.53 Å². The summed E-state index contributed by atoms with van der Waals surface area (Å²) in [7, 11) is 1.58. The zero-order valence-electron chi connectivity index (χ0n) is 15.2. The number of guanidine groups is 1. The highest BCUT2D eigenvalue weighted by atomic mass is 35.5. The van der Waals surface area contributed by atoms with Crippen LogP contribution >= 0.6 is 11.6 Å². The Balaban J connectivity index is 1.83. The van der Waals surface area contributed by atoms with Crippen molar-refractivity contribution in [1.29, 1.82) is 0 Å². The second kappa shape index (κ2) is 9.53. The number of hydrogen-bond donors (Lipinski definition) is 2. The maximum Gasteiger partial charge on any atom is 0.257 e. The molecule has 0 aliphatic heterocycles. The number of anilines is 1. The van der Waals surface area contributed by atoms with Gasteiger partial charge in [0.15, 0.2) is 0 Å². The molecule has 0 radical (unpaired) electrons. The number of benzene rings is 2. The third kappa shape index (κ3) is 5.31. The lowest BCUT2D eigenvalue weighted by atomic mass is 10.2. The van der Waals surface area contributed by atoms with Crippen molar-refractivity contribution in [3.63, 3.8) is 0 Å². The van der Waals surface area contributed by atoms with E-state index in [9.17, 15) is 4.79 Å². The number of hydrogen-bond acceptors (Lipinski definition) is 4. The van der Waals surface area contributed by atoms with Crippen LogP contribution in [0.25, 0.3) is 0 Å². The number of aromatic nitrogens is 1. The summed E-state index contributed by atoms with van der Waals surface area (Å²) >= 11 is 5.89. The van der Waals surface area contributed by atoms with Gasteiger partial charge in [0.05, 0.1) is 19.3 Å². The summed E-state index contributed by atoms with van der Waals surface area (Å²) in [5.41, 5.74) is 2.13. The molecule has 1 amide bonds. The van der Waals surface area contributed by atoms with E-state index >= 15 is 0 Å². The molecular formula is C21H19ClN4O2. The molecule has 1 aromatic heterocycles. The van der Waals surface area contributed by atoms with Gasteiger partial charge in [-0.3, -0.25) is 15.1 Å². The number of rotatable bonds is 5. The Morgan fingerprint density at radius 1 is 1.07 bits per heavy atom. The van der Waals surface area contributed by atoms with Crippen LogP contribution in [0, 0.1) is 0 Å². The van der Waals surface area contributed by atoms with Gasteiger partial charge in [0, 0.05) is 23.0 Å². The number of amides is 1. The molecule has 1 heterocycles. The smallest absolute Gasteiger partial charge is 0.257 e. The number of para-hydroxylation sites is 2. The first-order valence-corrected chi connectivity index (χ1v) is 8.94. The van der Waals surface area contributed by atoms with Crippen molar-refractivity contribution in [3.05, 3.63) is 89.2 Å². The van der Waals surface area contributed by atoms with Gasteiger partial charge in [0.1, 0.15) is 5.75 Å². The minimum Gasteiger partial charge on any atom is -0.495 e. The zero-order chi connectivity index (χ0) is 19.8. The van der Waals surface area contributed by atoms with Gasteiger partial charge in [-0.15, -0.1) is 0 Å². The van der Waals surface area contributed by atoms with Crippen LogP contribution in [0.15, 0.2) is 78.0 Å². The van der Waals surface area contributed by atoms with Crippen LogP contribution in [0.3, 0.4) is 0 Å². The molecule has 2 aromatic carbocycles. The van der Waals surface area contributed by atoms with Crippen molar-refractivity contribution in [2.24, 2.45) is 4.99 Å². The molecule has 6 nitrogen and oxygen atoms in total. The number of pyridine rings is 1. The highest BCUT2D eigenvalue weighted by Gasteiger charge is 2.11. The molecular weight excluding hydrogens is 376 g/mol. The maximum absolute atomic E-state index is 12.6. The van der Waals surface area contributed by atoms with Crippen LogP contribution < -0.4 is 15.4 Å². The molecule has 3 rings (SSSR count). The number of halogens is 1. The van der Waals surface area contributed by atoms with Crippen LogP contribution in [0.1, 0.15) is 15.9 Å². The molecule has 0 aliphatic rings. The van der Waals surface area contributed by atoms with Crippen molar-refractivity contribution in [3.8, 4) is 5.75 Å². The van der Waals surface area contributed by atoms with E-state index in [1.54, 1.807) is 43.8 Å². The Bertz CT molecular complexity index is 960. The Kier molecular flexibility index (Phi) is 6.59. The molecule has 7 heteroatoms. The highest BCUT2D eigenvalue weighted by Crippen LogP contribution is 2.23. The average molecular weight is 395 g/mol.